The number of rotatable bonds is 34. The van der Waals surface area contributed by atoms with E-state index in [0.717, 1.165) is 65.9 Å². The second kappa shape index (κ2) is 43.3. The molecule has 1 saturated heterocycles. The molecule has 4 aromatic rings. The summed E-state index contributed by atoms with van der Waals surface area (Å²) in [5.74, 6) is 0.231. The average molecular weight is 1450 g/mol. The smallest absolute Gasteiger partial charge is 0.341 e. The van der Waals surface area contributed by atoms with Crippen LogP contribution in [0.1, 0.15) is 152 Å². The molecule has 0 saturated carbocycles. The zero-order valence-corrected chi connectivity index (χ0v) is 63.1. The molecule has 0 radical (unpaired) electrons. The van der Waals surface area contributed by atoms with Gasteiger partial charge >= 0.3 is 24.0 Å². The number of nitrogens with zero attached hydrogens (tertiary/aromatic N) is 6. The number of amides is 4. The lowest BCUT2D eigenvalue weighted by Crippen LogP contribution is -2.57. The van der Waals surface area contributed by atoms with E-state index in [-0.39, 0.29) is 43.9 Å². The third-order valence-electron chi connectivity index (χ3n) is 14.5. The van der Waals surface area contributed by atoms with Gasteiger partial charge in [0.2, 0.25) is 8.32 Å². The predicted molar refractivity (Wildman–Crippen MR) is 397 cm³/mol. The fourth-order valence-electron chi connectivity index (χ4n) is 9.60. The molecule has 0 bridgehead atoms. The second-order valence-electron chi connectivity index (χ2n) is 23.7. The van der Waals surface area contributed by atoms with Crippen LogP contribution in [-0.4, -0.2) is 148 Å². The van der Waals surface area contributed by atoms with Gasteiger partial charge in [-0.15, -0.1) is 0 Å². The van der Waals surface area contributed by atoms with E-state index in [1.807, 2.05) is 77.4 Å². The molecule has 1 fully saturated rings. The number of carbonyl (C=O) groups excluding carboxylic acids is 3. The highest BCUT2D eigenvalue weighted by Gasteiger charge is 2.32. The first-order valence-electron chi connectivity index (χ1n) is 32.7. The molecule has 4 amide bonds. The number of benzene rings is 4. The lowest BCUT2D eigenvalue weighted by molar-refractivity contribution is -0.137. The first kappa shape index (κ1) is 81.4. The van der Waals surface area contributed by atoms with Crippen molar-refractivity contribution in [3.05, 3.63) is 92.4 Å². The minimum Gasteiger partial charge on any atom is -0.542 e. The molecule has 1 aliphatic heterocycles. The van der Waals surface area contributed by atoms with Crippen LogP contribution >= 0.6 is 71.2 Å². The Morgan fingerprint density at radius 2 is 1.38 bits per heavy atom. The van der Waals surface area contributed by atoms with E-state index < -0.39 is 45.2 Å². The van der Waals surface area contributed by atoms with E-state index >= 15 is 0 Å². The summed E-state index contributed by atoms with van der Waals surface area (Å²) in [5, 5.41) is 18.5. The summed E-state index contributed by atoms with van der Waals surface area (Å²) in [6.45, 7) is 20.8. The maximum atomic E-state index is 14.0. The Hall–Kier alpha value is -5.99. The third kappa shape index (κ3) is 28.5. The van der Waals surface area contributed by atoms with Crippen molar-refractivity contribution in [1.29, 1.82) is 0 Å². The van der Waals surface area contributed by atoms with Crippen LogP contribution in [0, 0.1) is 13.8 Å². The molecule has 1 unspecified atom stereocenters. The molecule has 5 rings (SSSR count). The van der Waals surface area contributed by atoms with Crippen LogP contribution in [0.3, 0.4) is 0 Å². The Bertz CT molecular complexity index is 3120. The number of nitrogens with one attached hydrogen (secondary N) is 2. The number of aliphatic carboxylic acids is 1. The number of esters is 1. The summed E-state index contributed by atoms with van der Waals surface area (Å²) in [4.78, 5) is 60.3. The van der Waals surface area contributed by atoms with E-state index in [4.69, 9.17) is 92.1 Å². The van der Waals surface area contributed by atoms with Crippen molar-refractivity contribution in [3.8, 4) is 28.7 Å². The molecule has 1 aliphatic rings. The van der Waals surface area contributed by atoms with Crippen LogP contribution in [0.5, 0.6) is 28.7 Å². The molecule has 0 spiro atoms. The predicted octanol–water partition coefficient (Wildman–Crippen LogP) is 17.8. The monoisotopic (exact) mass is 1450 g/mol. The van der Waals surface area contributed by atoms with Crippen molar-refractivity contribution >= 4 is 136 Å². The number of carbonyl (C=O) groups is 4. The normalized spacial score (nSPS) is 12.8. The fraction of sp³-hybridized carbons (Fsp3) is 0.544. The summed E-state index contributed by atoms with van der Waals surface area (Å²) in [6.07, 6.45) is 18.6. The number of unbranched alkanes of at least 4 members (excludes halogenated alkanes) is 11. The van der Waals surface area contributed by atoms with E-state index in [0.29, 0.717) is 85.1 Å². The number of carboxylic acid groups (broad SMARTS) is 1. The van der Waals surface area contributed by atoms with Crippen LogP contribution in [0.4, 0.5) is 26.7 Å². The first-order valence-corrected chi connectivity index (χ1v) is 38.9. The maximum absolute atomic E-state index is 14.0. The van der Waals surface area contributed by atoms with Crippen molar-refractivity contribution in [2.45, 2.75) is 170 Å². The van der Waals surface area contributed by atoms with Crippen molar-refractivity contribution in [2.24, 2.45) is 4.99 Å². The number of hydrogen-bond donors (Lipinski definition) is 3. The number of anilines is 3. The van der Waals surface area contributed by atoms with Gasteiger partial charge in [0.05, 0.1) is 64.6 Å². The van der Waals surface area contributed by atoms with Crippen LogP contribution in [0.25, 0.3) is 0 Å². The number of aliphatic imine (C=N–C) groups is 1. The second-order valence-corrected chi connectivity index (χ2v) is 31.3. The largest absolute Gasteiger partial charge is 0.542 e. The Morgan fingerprint density at radius 1 is 0.758 bits per heavy atom. The van der Waals surface area contributed by atoms with Gasteiger partial charge in [0.1, 0.15) is 23.8 Å². The molecule has 1 heterocycles. The number of aryl methyl sites for hydroxylation is 2. The van der Waals surface area contributed by atoms with Gasteiger partial charge in [-0.25, -0.2) is 28.7 Å². The Labute approximate surface area is 594 Å². The van der Waals surface area contributed by atoms with Gasteiger partial charge in [-0.3, -0.25) is 9.79 Å². The van der Waals surface area contributed by atoms with E-state index in [1.165, 1.54) is 97.6 Å². The van der Waals surface area contributed by atoms with Gasteiger partial charge in [0, 0.05) is 64.7 Å². The molecule has 526 valence electrons. The van der Waals surface area contributed by atoms with Crippen LogP contribution in [-0.2, 0) is 14.3 Å². The number of ether oxygens (including phenoxy) is 6. The Kier molecular flexibility index (Phi) is 37.1. The lowest BCUT2D eigenvalue weighted by atomic mass is 10.1. The van der Waals surface area contributed by atoms with Gasteiger partial charge in [-0.05, 0) is 140 Å². The van der Waals surface area contributed by atoms with Gasteiger partial charge in [-0.1, -0.05) is 142 Å². The maximum Gasteiger partial charge on any atom is 0.341 e. The van der Waals surface area contributed by atoms with Gasteiger partial charge in [0.15, 0.2) is 33.6 Å². The van der Waals surface area contributed by atoms with Crippen molar-refractivity contribution in [2.75, 3.05) is 88.4 Å². The average Bonchev–Trinajstić information content (AvgIpc) is 0.804. The zero-order chi connectivity index (χ0) is 70.0. The van der Waals surface area contributed by atoms with Crippen molar-refractivity contribution in [1.82, 2.24) is 20.1 Å². The SMILES string of the molecule is CCCCCCCCCCCCCCOC(=O)c1ccc(OC)c(NC(=O)N(SC(=S)N(CC)CC)c2cc(Cl)c(O[Si](C)(C)C)c(Cl)c2)c1.CCN=COc1cc(N(C(=O)NCCCOc2ccc(C)cc2C)N(CC(=O)O)C(=S)N(C)C)cc(Cl)c1OC1CCCCO1. The number of thiocarbonyl (C=S) groups is 2. The van der Waals surface area contributed by atoms with Crippen LogP contribution < -0.4 is 43.3 Å². The molecule has 3 N–H and O–H groups in total. The minimum absolute atomic E-state index is 0.0767. The molecular formula is C68H99Cl3N8O12S3Si. The number of methoxy groups -OCH3 is 1. The lowest BCUT2D eigenvalue weighted by Gasteiger charge is -2.37. The fourth-order valence-corrected chi connectivity index (χ4v) is 12.9. The molecular weight excluding hydrogens is 1350 g/mol. The molecule has 4 aromatic carbocycles. The van der Waals surface area contributed by atoms with Gasteiger partial charge < -0.3 is 58.4 Å². The molecule has 95 heavy (non-hydrogen) atoms. The standard InChI is InChI=1S/C37H57Cl2N3O5S2Si.C31H42ClN5O7S/c1-8-11-12-13-14-15-16-17-18-19-20-21-24-46-35(43)28-22-23-33(45-4)32(25-28)40-36(44)42(49-37(48)41(9-2)10-3)29-26-30(38)34(31(39)27-29)47-50(5,6)7;1-6-33-20-43-26-18-23(17-24(32)29(26)44-28-10-7-8-14-42-28)37(36(19-27(38)39)31(45)35(4)5)30(40)34-13-9-15-41-25-12-11-21(2)16-22(25)3/h22-23,25-27H,8-21,24H2,1-7H3,(H,40,44);11-12,16-18,20,28H,6-10,13-15,19H2,1-5H3,(H,34,40)(H,38,39). The quantitative estimate of drug-likeness (QED) is 0.00581. The third-order valence-corrected chi connectivity index (χ3v) is 18.2. The summed E-state index contributed by atoms with van der Waals surface area (Å²) >= 11 is 32.4. The summed E-state index contributed by atoms with van der Waals surface area (Å²) in [7, 11) is 2.78. The summed E-state index contributed by atoms with van der Waals surface area (Å²) in [5.41, 5.74) is 3.35. The topological polar surface area (TPSA) is 206 Å². The molecule has 0 aliphatic carbocycles. The minimum atomic E-state index is -2.03. The molecule has 27 heteroatoms. The number of hydrazine groups is 1. The molecule has 0 aromatic heterocycles. The van der Waals surface area contributed by atoms with Crippen LogP contribution in [0.2, 0.25) is 34.7 Å². The van der Waals surface area contributed by atoms with Crippen molar-refractivity contribution in [3.63, 3.8) is 0 Å². The summed E-state index contributed by atoms with van der Waals surface area (Å²) < 4.78 is 42.6. The van der Waals surface area contributed by atoms with Gasteiger partial charge in [0.25, 0.3) is 0 Å². The summed E-state index contributed by atoms with van der Waals surface area (Å²) in [6, 6.07) is 15.8. The first-order chi connectivity index (χ1) is 45.4. The zero-order valence-electron chi connectivity index (χ0n) is 57.4. The highest BCUT2D eigenvalue weighted by molar-refractivity contribution is 8.24. The van der Waals surface area contributed by atoms with E-state index in [9.17, 15) is 24.3 Å². The Balaban J connectivity index is 0.000000406. The number of hydrogen-bond acceptors (Lipinski definition) is 15. The number of halogens is 3. The number of urea groups is 2. The van der Waals surface area contributed by atoms with E-state index in [2.05, 4.69) is 22.5 Å². The van der Waals surface area contributed by atoms with Crippen molar-refractivity contribution < 1.29 is 57.1 Å². The van der Waals surface area contributed by atoms with E-state index in [1.54, 1.807) is 44.4 Å². The van der Waals surface area contributed by atoms with Gasteiger partial charge in [-0.2, -0.15) is 0 Å². The molecule has 1 atom stereocenters. The number of carboxylic acids is 1. The Morgan fingerprint density at radius 3 is 1.95 bits per heavy atom. The highest BCUT2D eigenvalue weighted by Crippen LogP contribution is 2.43. The van der Waals surface area contributed by atoms with Crippen LogP contribution in [0.15, 0.2) is 65.7 Å². The molecule has 20 nitrogen and oxygen atoms in total. The highest BCUT2D eigenvalue weighted by atomic mass is 35.5.